The minimum absolute atomic E-state index is 0. The third-order valence-corrected chi connectivity index (χ3v) is 6.00. The number of sulfone groups is 1. The van der Waals surface area contributed by atoms with Gasteiger partial charge in [0, 0.05) is 32.3 Å². The van der Waals surface area contributed by atoms with Crippen molar-refractivity contribution in [1.82, 2.24) is 10.2 Å². The molecule has 1 aliphatic heterocycles. The van der Waals surface area contributed by atoms with Crippen molar-refractivity contribution in [2.24, 2.45) is 4.99 Å². The number of aliphatic imine (C=N–C) groups is 1. The summed E-state index contributed by atoms with van der Waals surface area (Å²) in [6.45, 7) is 3.02. The number of hydrogen-bond donors (Lipinski definition) is 1. The fraction of sp³-hybridized carbons (Fsp3) is 0.381. The van der Waals surface area contributed by atoms with E-state index in [9.17, 15) is 8.42 Å². The minimum Gasteiger partial charge on any atom is -0.492 e. The van der Waals surface area contributed by atoms with Crippen LogP contribution in [-0.4, -0.2) is 58.8 Å². The van der Waals surface area contributed by atoms with E-state index in [2.05, 4.69) is 39.5 Å². The van der Waals surface area contributed by atoms with Gasteiger partial charge in [0.05, 0.1) is 11.4 Å². The quantitative estimate of drug-likeness (QED) is 0.270. The van der Waals surface area contributed by atoms with Crippen molar-refractivity contribution >= 4 is 39.8 Å². The second-order valence-electron chi connectivity index (χ2n) is 6.91. The van der Waals surface area contributed by atoms with Crippen molar-refractivity contribution in [3.63, 3.8) is 0 Å². The van der Waals surface area contributed by atoms with E-state index in [0.717, 1.165) is 25.5 Å². The van der Waals surface area contributed by atoms with Crippen LogP contribution < -0.4 is 10.1 Å². The predicted octanol–water partition coefficient (Wildman–Crippen LogP) is 3.15. The molecule has 0 amide bonds. The van der Waals surface area contributed by atoms with Crippen molar-refractivity contribution < 1.29 is 13.2 Å². The average Bonchev–Trinajstić information content (AvgIpc) is 3.18. The molecular weight excluding hydrogens is 501 g/mol. The van der Waals surface area contributed by atoms with Gasteiger partial charge in [-0.25, -0.2) is 8.42 Å². The summed E-state index contributed by atoms with van der Waals surface area (Å²) in [6.07, 6.45) is 2.31. The molecule has 1 heterocycles. The van der Waals surface area contributed by atoms with E-state index < -0.39 is 9.84 Å². The van der Waals surface area contributed by atoms with E-state index in [1.165, 1.54) is 11.8 Å². The van der Waals surface area contributed by atoms with Crippen molar-refractivity contribution in [3.8, 4) is 5.75 Å². The predicted molar refractivity (Wildman–Crippen MR) is 127 cm³/mol. The van der Waals surface area contributed by atoms with Gasteiger partial charge in [0.25, 0.3) is 0 Å². The molecule has 6 nitrogen and oxygen atoms in total. The molecule has 1 N–H and O–H groups in total. The Bertz CT molecular complexity index is 903. The molecule has 3 rings (SSSR count). The lowest BCUT2D eigenvalue weighted by Crippen LogP contribution is -2.41. The van der Waals surface area contributed by atoms with Crippen LogP contribution in [0, 0.1) is 0 Å². The lowest BCUT2D eigenvalue weighted by atomic mass is 9.99. The van der Waals surface area contributed by atoms with E-state index in [1.807, 2.05) is 6.07 Å². The summed E-state index contributed by atoms with van der Waals surface area (Å²) < 4.78 is 28.7. The molecule has 29 heavy (non-hydrogen) atoms. The number of nitrogens with zero attached hydrogens (tertiary/aromatic N) is 2. The van der Waals surface area contributed by atoms with Crippen LogP contribution in [0.1, 0.15) is 17.9 Å². The second-order valence-corrected chi connectivity index (χ2v) is 8.92. The van der Waals surface area contributed by atoms with Crippen molar-refractivity contribution in [3.05, 3.63) is 60.2 Å². The summed E-state index contributed by atoms with van der Waals surface area (Å²) in [6, 6.07) is 17.1. The zero-order valence-electron chi connectivity index (χ0n) is 16.7. The Morgan fingerprint density at radius 3 is 2.48 bits per heavy atom. The molecule has 1 fully saturated rings. The van der Waals surface area contributed by atoms with E-state index in [1.54, 1.807) is 31.3 Å². The smallest absolute Gasteiger partial charge is 0.193 e. The van der Waals surface area contributed by atoms with Gasteiger partial charge < -0.3 is 15.0 Å². The van der Waals surface area contributed by atoms with Gasteiger partial charge in [-0.1, -0.05) is 30.3 Å². The minimum atomic E-state index is -3.18. The number of hydrogen-bond acceptors (Lipinski definition) is 4. The molecular formula is C21H28IN3O3S. The first-order chi connectivity index (χ1) is 13.5. The molecule has 2 aromatic rings. The highest BCUT2D eigenvalue weighted by molar-refractivity contribution is 14.0. The van der Waals surface area contributed by atoms with Crippen LogP contribution in [0.15, 0.2) is 64.5 Å². The van der Waals surface area contributed by atoms with E-state index in [0.29, 0.717) is 29.7 Å². The van der Waals surface area contributed by atoms with Gasteiger partial charge >= 0.3 is 0 Å². The topological polar surface area (TPSA) is 71.0 Å². The molecule has 1 unspecified atom stereocenters. The molecule has 158 valence electrons. The standard InChI is InChI=1S/C21H27N3O3S.HI/c1-22-21(24-14-12-18(16-24)17-6-4-3-5-7-17)23-13-15-27-19-8-10-20(11-9-19)28(2,25)26;/h3-11,18H,12-16H2,1-2H3,(H,22,23);1H. The molecule has 0 saturated carbocycles. The average molecular weight is 529 g/mol. The Hall–Kier alpha value is -1.81. The molecule has 2 aromatic carbocycles. The lowest BCUT2D eigenvalue weighted by molar-refractivity contribution is 0.319. The SMILES string of the molecule is CN=C(NCCOc1ccc(S(C)(=O)=O)cc1)N1CCC(c2ccccc2)C1.I. The second kappa shape index (κ2) is 10.8. The van der Waals surface area contributed by atoms with Gasteiger partial charge in [0.1, 0.15) is 12.4 Å². The number of benzene rings is 2. The fourth-order valence-corrected chi connectivity index (χ4v) is 4.03. The van der Waals surface area contributed by atoms with Gasteiger partial charge in [-0.05, 0) is 36.2 Å². The summed E-state index contributed by atoms with van der Waals surface area (Å²) >= 11 is 0. The van der Waals surface area contributed by atoms with Crippen LogP contribution in [0.2, 0.25) is 0 Å². The van der Waals surface area contributed by atoms with Crippen molar-refractivity contribution in [2.75, 3.05) is 39.5 Å². The monoisotopic (exact) mass is 529 g/mol. The Morgan fingerprint density at radius 2 is 1.86 bits per heavy atom. The number of nitrogens with one attached hydrogen (secondary N) is 1. The number of ether oxygens (including phenoxy) is 1. The van der Waals surface area contributed by atoms with Crippen LogP contribution in [-0.2, 0) is 9.84 Å². The van der Waals surface area contributed by atoms with Gasteiger partial charge in [0.2, 0.25) is 0 Å². The van der Waals surface area contributed by atoms with Gasteiger partial charge in [-0.3, -0.25) is 4.99 Å². The molecule has 0 aromatic heterocycles. The highest BCUT2D eigenvalue weighted by Gasteiger charge is 2.25. The maximum atomic E-state index is 11.5. The highest BCUT2D eigenvalue weighted by Crippen LogP contribution is 2.26. The molecule has 0 aliphatic carbocycles. The maximum Gasteiger partial charge on any atom is 0.193 e. The van der Waals surface area contributed by atoms with Gasteiger partial charge in [-0.2, -0.15) is 0 Å². The third-order valence-electron chi connectivity index (χ3n) is 4.88. The first-order valence-corrected chi connectivity index (χ1v) is 11.3. The summed E-state index contributed by atoms with van der Waals surface area (Å²) in [5, 5.41) is 3.34. The zero-order chi connectivity index (χ0) is 20.0. The zero-order valence-corrected chi connectivity index (χ0v) is 19.9. The number of likely N-dealkylation sites (tertiary alicyclic amines) is 1. The van der Waals surface area contributed by atoms with Crippen LogP contribution >= 0.6 is 24.0 Å². The first-order valence-electron chi connectivity index (χ1n) is 9.41. The lowest BCUT2D eigenvalue weighted by Gasteiger charge is -2.22. The third kappa shape index (κ3) is 6.60. The molecule has 0 radical (unpaired) electrons. The van der Waals surface area contributed by atoms with E-state index >= 15 is 0 Å². The van der Waals surface area contributed by atoms with E-state index in [4.69, 9.17) is 4.74 Å². The highest BCUT2D eigenvalue weighted by atomic mass is 127. The Morgan fingerprint density at radius 1 is 1.17 bits per heavy atom. The Labute approximate surface area is 190 Å². The summed E-state index contributed by atoms with van der Waals surface area (Å²) in [7, 11) is -1.39. The molecule has 0 bridgehead atoms. The number of guanidine groups is 1. The molecule has 0 spiro atoms. The summed E-state index contributed by atoms with van der Waals surface area (Å²) in [5.74, 6) is 2.06. The largest absolute Gasteiger partial charge is 0.492 e. The van der Waals surface area contributed by atoms with Crippen molar-refractivity contribution in [1.29, 1.82) is 0 Å². The van der Waals surface area contributed by atoms with Crippen LogP contribution in [0.25, 0.3) is 0 Å². The number of halogens is 1. The van der Waals surface area contributed by atoms with Crippen LogP contribution in [0.5, 0.6) is 5.75 Å². The van der Waals surface area contributed by atoms with Gasteiger partial charge in [0.15, 0.2) is 15.8 Å². The van der Waals surface area contributed by atoms with Crippen LogP contribution in [0.3, 0.4) is 0 Å². The molecule has 1 aliphatic rings. The normalized spacial score (nSPS) is 17.0. The van der Waals surface area contributed by atoms with Crippen molar-refractivity contribution in [2.45, 2.75) is 17.2 Å². The maximum absolute atomic E-state index is 11.5. The summed E-state index contributed by atoms with van der Waals surface area (Å²) in [5.41, 5.74) is 1.38. The number of rotatable bonds is 6. The van der Waals surface area contributed by atoms with Crippen LogP contribution in [0.4, 0.5) is 0 Å². The first kappa shape index (κ1) is 23.5. The van der Waals surface area contributed by atoms with Gasteiger partial charge in [-0.15, -0.1) is 24.0 Å². The molecule has 8 heteroatoms. The Kier molecular flexibility index (Phi) is 8.76. The Balaban J connectivity index is 0.00000300. The van der Waals surface area contributed by atoms with E-state index in [-0.39, 0.29) is 24.0 Å². The summed E-state index contributed by atoms with van der Waals surface area (Å²) in [4.78, 5) is 6.96. The fourth-order valence-electron chi connectivity index (χ4n) is 3.40. The molecule has 1 atom stereocenters. The molecule has 1 saturated heterocycles.